The van der Waals surface area contributed by atoms with Gasteiger partial charge < -0.3 is 15.5 Å². The van der Waals surface area contributed by atoms with Gasteiger partial charge in [0.2, 0.25) is 5.82 Å². The molecule has 0 saturated carbocycles. The van der Waals surface area contributed by atoms with Gasteiger partial charge in [0, 0.05) is 25.7 Å². The predicted molar refractivity (Wildman–Crippen MR) is 85.9 cm³/mol. The lowest BCUT2D eigenvalue weighted by molar-refractivity contribution is -0.384. The van der Waals surface area contributed by atoms with E-state index in [0.29, 0.717) is 18.2 Å². The van der Waals surface area contributed by atoms with Gasteiger partial charge in [-0.05, 0) is 32.5 Å². The summed E-state index contributed by atoms with van der Waals surface area (Å²) in [5.41, 5.74) is -0.0231. The first-order chi connectivity index (χ1) is 9.75. The first kappa shape index (κ1) is 17.2. The minimum Gasteiger partial charge on any atom is -0.370 e. The van der Waals surface area contributed by atoms with Gasteiger partial charge in [-0.2, -0.15) is 0 Å². The van der Waals surface area contributed by atoms with Crippen LogP contribution in [-0.2, 0) is 0 Å². The van der Waals surface area contributed by atoms with Crippen LogP contribution < -0.4 is 10.6 Å². The molecular weight excluding hydrogens is 270 g/mol. The average molecular weight is 295 g/mol. The average Bonchev–Trinajstić information content (AvgIpc) is 2.35. The quantitative estimate of drug-likeness (QED) is 0.566. The third-order valence-electron chi connectivity index (χ3n) is 2.91. The molecule has 0 radical (unpaired) electrons. The minimum absolute atomic E-state index is 0.00249. The fraction of sp³-hybridized carbons (Fsp3) is 0.643. The maximum Gasteiger partial charge on any atom is 0.311 e. The first-order valence-electron chi connectivity index (χ1n) is 7.03. The highest BCUT2D eigenvalue weighted by molar-refractivity contribution is 5.60. The van der Waals surface area contributed by atoms with Crippen LogP contribution >= 0.6 is 0 Å². The zero-order valence-corrected chi connectivity index (χ0v) is 13.4. The Kier molecular flexibility index (Phi) is 5.90. The molecule has 0 fully saturated rings. The van der Waals surface area contributed by atoms with Crippen LogP contribution in [0.25, 0.3) is 0 Å². The Morgan fingerprint density at radius 1 is 1.33 bits per heavy atom. The summed E-state index contributed by atoms with van der Waals surface area (Å²) in [5, 5.41) is 17.3. The van der Waals surface area contributed by atoms with Crippen molar-refractivity contribution in [2.24, 2.45) is 5.41 Å². The van der Waals surface area contributed by atoms with Crippen LogP contribution in [0.15, 0.2) is 12.1 Å². The molecular formula is C14H25N5O2. The van der Waals surface area contributed by atoms with Crippen LogP contribution in [0.3, 0.4) is 0 Å². The monoisotopic (exact) mass is 295 g/mol. The van der Waals surface area contributed by atoms with Crippen LogP contribution in [0, 0.1) is 15.5 Å². The minimum atomic E-state index is -0.413. The van der Waals surface area contributed by atoms with Crippen molar-refractivity contribution in [1.82, 2.24) is 9.88 Å². The molecule has 0 bridgehead atoms. The van der Waals surface area contributed by atoms with Crippen molar-refractivity contribution in [3.05, 3.63) is 22.2 Å². The maximum absolute atomic E-state index is 11.1. The predicted octanol–water partition coefficient (Wildman–Crippen LogP) is 2.42. The number of nitro groups is 1. The van der Waals surface area contributed by atoms with E-state index in [-0.39, 0.29) is 11.1 Å². The van der Waals surface area contributed by atoms with Gasteiger partial charge in [0.05, 0.1) is 4.92 Å². The summed E-state index contributed by atoms with van der Waals surface area (Å²) < 4.78 is 0. The van der Waals surface area contributed by atoms with E-state index in [9.17, 15) is 10.1 Å². The highest BCUT2D eigenvalue weighted by Crippen LogP contribution is 2.26. The van der Waals surface area contributed by atoms with E-state index in [2.05, 4.69) is 34.4 Å². The third kappa shape index (κ3) is 5.55. The zero-order valence-electron chi connectivity index (χ0n) is 13.4. The molecule has 0 spiro atoms. The Morgan fingerprint density at radius 3 is 2.52 bits per heavy atom. The Labute approximate surface area is 125 Å². The number of nitrogens with zero attached hydrogens (tertiary/aromatic N) is 3. The van der Waals surface area contributed by atoms with Gasteiger partial charge in [-0.1, -0.05) is 13.8 Å². The van der Waals surface area contributed by atoms with Crippen LogP contribution in [0.1, 0.15) is 20.8 Å². The van der Waals surface area contributed by atoms with E-state index in [1.165, 1.54) is 6.07 Å². The second-order valence-corrected chi connectivity index (χ2v) is 6.11. The zero-order chi connectivity index (χ0) is 16.0. The number of anilines is 2. The molecule has 0 aromatic carbocycles. The van der Waals surface area contributed by atoms with E-state index in [1.54, 1.807) is 6.07 Å². The van der Waals surface area contributed by atoms with Gasteiger partial charge in [-0.25, -0.2) is 4.98 Å². The van der Waals surface area contributed by atoms with Crippen molar-refractivity contribution in [1.29, 1.82) is 0 Å². The fourth-order valence-corrected chi connectivity index (χ4v) is 2.24. The summed E-state index contributed by atoms with van der Waals surface area (Å²) in [5.74, 6) is 0.946. The Morgan fingerprint density at radius 2 is 2.00 bits per heavy atom. The number of pyridine rings is 1. The summed E-state index contributed by atoms with van der Waals surface area (Å²) in [6.07, 6.45) is 0. The topological polar surface area (TPSA) is 83.3 Å². The molecule has 0 aliphatic rings. The lowest BCUT2D eigenvalue weighted by Gasteiger charge is -2.28. The van der Waals surface area contributed by atoms with Crippen molar-refractivity contribution in [3.8, 4) is 0 Å². The molecule has 1 aromatic rings. The van der Waals surface area contributed by atoms with E-state index >= 15 is 0 Å². The van der Waals surface area contributed by atoms with Crippen molar-refractivity contribution in [3.63, 3.8) is 0 Å². The van der Waals surface area contributed by atoms with Crippen molar-refractivity contribution in [2.45, 2.75) is 20.8 Å². The second-order valence-electron chi connectivity index (χ2n) is 6.11. The molecule has 1 rings (SSSR count). The van der Waals surface area contributed by atoms with Crippen LogP contribution in [-0.4, -0.2) is 48.5 Å². The van der Waals surface area contributed by atoms with Gasteiger partial charge in [0.1, 0.15) is 5.82 Å². The molecule has 0 atom stereocenters. The molecule has 0 amide bonds. The van der Waals surface area contributed by atoms with E-state index in [4.69, 9.17) is 0 Å². The number of nitrogens with one attached hydrogen (secondary N) is 2. The fourth-order valence-electron chi connectivity index (χ4n) is 2.24. The maximum atomic E-state index is 11.1. The van der Waals surface area contributed by atoms with Crippen molar-refractivity contribution < 1.29 is 4.92 Å². The molecule has 0 saturated heterocycles. The number of hydrogen-bond acceptors (Lipinski definition) is 6. The number of aromatic nitrogens is 1. The molecule has 7 heteroatoms. The van der Waals surface area contributed by atoms with E-state index in [0.717, 1.165) is 13.1 Å². The van der Waals surface area contributed by atoms with Gasteiger partial charge in [0.25, 0.3) is 0 Å². The molecule has 1 heterocycles. The van der Waals surface area contributed by atoms with Crippen molar-refractivity contribution >= 4 is 17.3 Å². The summed E-state index contributed by atoms with van der Waals surface area (Å²) in [4.78, 5) is 17.1. The van der Waals surface area contributed by atoms with E-state index < -0.39 is 4.92 Å². The number of rotatable bonds is 8. The molecule has 0 aliphatic carbocycles. The summed E-state index contributed by atoms with van der Waals surface area (Å²) in [6.45, 7) is 8.38. The highest BCUT2D eigenvalue weighted by Gasteiger charge is 2.22. The smallest absolute Gasteiger partial charge is 0.311 e. The van der Waals surface area contributed by atoms with Crippen LogP contribution in [0.2, 0.25) is 0 Å². The molecule has 21 heavy (non-hydrogen) atoms. The lowest BCUT2D eigenvalue weighted by Crippen LogP contribution is -2.34. The first-order valence-corrected chi connectivity index (χ1v) is 7.03. The van der Waals surface area contributed by atoms with Gasteiger partial charge in [-0.3, -0.25) is 10.1 Å². The molecule has 2 N–H and O–H groups in total. The summed E-state index contributed by atoms with van der Waals surface area (Å²) in [6, 6.07) is 3.10. The molecule has 7 nitrogen and oxygen atoms in total. The normalized spacial score (nSPS) is 11.5. The molecule has 0 aliphatic heterocycles. The Hall–Kier alpha value is -1.89. The van der Waals surface area contributed by atoms with Gasteiger partial charge in [-0.15, -0.1) is 0 Å². The molecule has 1 aromatic heterocycles. The van der Waals surface area contributed by atoms with Crippen LogP contribution in [0.5, 0.6) is 0 Å². The second kappa shape index (κ2) is 7.21. The summed E-state index contributed by atoms with van der Waals surface area (Å²) >= 11 is 0. The summed E-state index contributed by atoms with van der Waals surface area (Å²) in [7, 11) is 4.02. The third-order valence-corrected chi connectivity index (χ3v) is 2.91. The number of hydrogen-bond donors (Lipinski definition) is 2. The Balaban J connectivity index is 2.89. The van der Waals surface area contributed by atoms with E-state index in [1.807, 2.05) is 21.0 Å². The Bertz CT molecular complexity index is 488. The largest absolute Gasteiger partial charge is 0.370 e. The highest BCUT2D eigenvalue weighted by atomic mass is 16.6. The lowest BCUT2D eigenvalue weighted by atomic mass is 9.93. The van der Waals surface area contributed by atoms with Gasteiger partial charge >= 0.3 is 5.69 Å². The standard InChI is InChI=1S/C14H25N5O2/c1-6-15-12-8-7-11(19(20)21)13(17-12)16-9-14(2,3)10-18(4)5/h7-8H,6,9-10H2,1-5H3,(H2,15,16,17). The van der Waals surface area contributed by atoms with Crippen LogP contribution in [0.4, 0.5) is 17.3 Å². The SMILES string of the molecule is CCNc1ccc([N+](=O)[O-])c(NCC(C)(C)CN(C)C)n1. The molecule has 118 valence electrons. The molecule has 0 unspecified atom stereocenters. The van der Waals surface area contributed by atoms with Crippen molar-refractivity contribution in [2.75, 3.05) is 44.4 Å². The van der Waals surface area contributed by atoms with Gasteiger partial charge in [0.15, 0.2) is 0 Å².